The van der Waals surface area contributed by atoms with Crippen LogP contribution < -0.4 is 0 Å². The van der Waals surface area contributed by atoms with Crippen LogP contribution in [-0.2, 0) is 4.79 Å². The van der Waals surface area contributed by atoms with Crippen LogP contribution in [-0.4, -0.2) is 16.1 Å². The van der Waals surface area contributed by atoms with Crippen molar-refractivity contribution in [2.24, 2.45) is 0 Å². The summed E-state index contributed by atoms with van der Waals surface area (Å²) in [6.45, 7) is 1.59. The number of carboxylic acid groups (broad SMARTS) is 1. The number of hydrogen-bond donors (Lipinski definition) is 2. The number of carbonyl (C=O) groups is 1. The van der Waals surface area contributed by atoms with Crippen LogP contribution in [0.15, 0.2) is 54.1 Å². The molecule has 3 aromatic rings. The number of benzene rings is 2. The first kappa shape index (κ1) is 14.4. The molecule has 4 heteroatoms. The van der Waals surface area contributed by atoms with E-state index in [0.717, 1.165) is 27.7 Å². The average molecular weight is 312 g/mol. The minimum absolute atomic E-state index is 0.292. The van der Waals surface area contributed by atoms with E-state index in [1.807, 2.05) is 48.5 Å². The van der Waals surface area contributed by atoms with Crippen molar-refractivity contribution >= 4 is 34.5 Å². The van der Waals surface area contributed by atoms with E-state index in [9.17, 15) is 4.79 Å². The van der Waals surface area contributed by atoms with Crippen molar-refractivity contribution in [2.45, 2.75) is 6.92 Å². The van der Waals surface area contributed by atoms with Gasteiger partial charge in [-0.3, -0.25) is 0 Å². The van der Waals surface area contributed by atoms with Crippen molar-refractivity contribution < 1.29 is 9.90 Å². The van der Waals surface area contributed by atoms with Crippen LogP contribution in [0, 0.1) is 0 Å². The molecule has 0 fully saturated rings. The Hall–Kier alpha value is -2.52. The number of aliphatic carboxylic acids is 1. The summed E-state index contributed by atoms with van der Waals surface area (Å²) in [5, 5.41) is 10.8. The number of hydrogen-bond acceptors (Lipinski definition) is 1. The first-order valence-electron chi connectivity index (χ1n) is 6.84. The lowest BCUT2D eigenvalue weighted by molar-refractivity contribution is -0.132. The van der Waals surface area contributed by atoms with Crippen LogP contribution in [0.1, 0.15) is 12.5 Å². The molecule has 0 bridgehead atoms. The number of carboxylic acids is 1. The van der Waals surface area contributed by atoms with Gasteiger partial charge >= 0.3 is 5.97 Å². The highest BCUT2D eigenvalue weighted by Crippen LogP contribution is 2.32. The smallest absolute Gasteiger partial charge is 0.331 e. The lowest BCUT2D eigenvalue weighted by Crippen LogP contribution is -1.95. The Kier molecular flexibility index (Phi) is 3.73. The minimum Gasteiger partial charge on any atom is -0.478 e. The molecule has 110 valence electrons. The Morgan fingerprint density at radius 3 is 2.50 bits per heavy atom. The summed E-state index contributed by atoms with van der Waals surface area (Å²) >= 11 is 5.94. The topological polar surface area (TPSA) is 53.1 Å². The molecule has 0 aliphatic rings. The van der Waals surface area contributed by atoms with Gasteiger partial charge < -0.3 is 10.1 Å². The molecule has 0 aliphatic heterocycles. The van der Waals surface area contributed by atoms with E-state index in [2.05, 4.69) is 4.98 Å². The number of fused-ring (bicyclic) bond motifs is 1. The molecule has 1 heterocycles. The molecule has 0 amide bonds. The number of para-hydroxylation sites is 1. The van der Waals surface area contributed by atoms with Gasteiger partial charge in [0.1, 0.15) is 0 Å². The Balaban J connectivity index is 2.27. The molecule has 1 aromatic heterocycles. The highest BCUT2D eigenvalue weighted by Gasteiger charge is 2.12. The van der Waals surface area contributed by atoms with Gasteiger partial charge in [-0.15, -0.1) is 0 Å². The van der Waals surface area contributed by atoms with Gasteiger partial charge in [-0.05, 0) is 36.8 Å². The minimum atomic E-state index is -0.924. The normalized spacial score (nSPS) is 11.8. The van der Waals surface area contributed by atoms with Crippen LogP contribution in [0.25, 0.3) is 28.2 Å². The lowest BCUT2D eigenvalue weighted by atomic mass is 10.0. The summed E-state index contributed by atoms with van der Waals surface area (Å²) in [5.74, 6) is -0.924. The Bertz CT molecular complexity index is 876. The standard InChI is InChI=1S/C18H14ClNO2/c1-11(18(21)22)10-15-14-4-2-3-5-16(14)20-17(15)12-6-8-13(19)9-7-12/h2-10,20H,1H3,(H,21,22)/b11-10+. The van der Waals surface area contributed by atoms with Gasteiger partial charge in [0.05, 0.1) is 5.69 Å². The van der Waals surface area contributed by atoms with Crippen molar-refractivity contribution in [1.82, 2.24) is 4.98 Å². The van der Waals surface area contributed by atoms with Crippen molar-refractivity contribution in [3.8, 4) is 11.3 Å². The van der Waals surface area contributed by atoms with Gasteiger partial charge in [0, 0.05) is 27.1 Å². The highest BCUT2D eigenvalue weighted by atomic mass is 35.5. The summed E-state index contributed by atoms with van der Waals surface area (Å²) in [5.41, 5.74) is 3.98. The quantitative estimate of drug-likeness (QED) is 0.670. The van der Waals surface area contributed by atoms with E-state index in [1.54, 1.807) is 13.0 Å². The van der Waals surface area contributed by atoms with Gasteiger partial charge in [0.25, 0.3) is 0 Å². The summed E-state index contributed by atoms with van der Waals surface area (Å²) < 4.78 is 0. The number of aromatic amines is 1. The van der Waals surface area contributed by atoms with Crippen LogP contribution in [0.5, 0.6) is 0 Å². The van der Waals surface area contributed by atoms with Gasteiger partial charge in [-0.2, -0.15) is 0 Å². The summed E-state index contributed by atoms with van der Waals surface area (Å²) in [6, 6.07) is 15.3. The molecule has 2 N–H and O–H groups in total. The predicted octanol–water partition coefficient (Wildman–Crippen LogP) is 4.98. The third kappa shape index (κ3) is 2.63. The molecule has 0 radical (unpaired) electrons. The number of aromatic nitrogens is 1. The summed E-state index contributed by atoms with van der Waals surface area (Å²) in [6.07, 6.45) is 1.70. The molecular weight excluding hydrogens is 298 g/mol. The third-order valence-electron chi connectivity index (χ3n) is 3.58. The van der Waals surface area contributed by atoms with Gasteiger partial charge in [-0.25, -0.2) is 4.79 Å². The fraction of sp³-hybridized carbons (Fsp3) is 0.0556. The zero-order valence-electron chi connectivity index (χ0n) is 11.9. The number of H-pyrrole nitrogens is 1. The predicted molar refractivity (Wildman–Crippen MR) is 90.0 cm³/mol. The van der Waals surface area contributed by atoms with E-state index in [-0.39, 0.29) is 0 Å². The van der Waals surface area contributed by atoms with Gasteiger partial charge in [-0.1, -0.05) is 41.9 Å². The average Bonchev–Trinajstić information content (AvgIpc) is 2.87. The zero-order chi connectivity index (χ0) is 15.7. The molecule has 0 aliphatic carbocycles. The SMILES string of the molecule is C/C(=C\c1c(-c2ccc(Cl)cc2)[nH]c2ccccc12)C(=O)O. The van der Waals surface area contributed by atoms with E-state index >= 15 is 0 Å². The maximum Gasteiger partial charge on any atom is 0.331 e. The molecule has 0 saturated carbocycles. The molecule has 0 unspecified atom stereocenters. The molecule has 3 nitrogen and oxygen atoms in total. The van der Waals surface area contributed by atoms with Gasteiger partial charge in [0.2, 0.25) is 0 Å². The first-order valence-corrected chi connectivity index (χ1v) is 7.22. The monoisotopic (exact) mass is 311 g/mol. The van der Waals surface area contributed by atoms with E-state index in [0.29, 0.717) is 10.6 Å². The van der Waals surface area contributed by atoms with Crippen LogP contribution >= 0.6 is 11.6 Å². The Morgan fingerprint density at radius 1 is 1.14 bits per heavy atom. The van der Waals surface area contributed by atoms with Gasteiger partial charge in [0.15, 0.2) is 0 Å². The highest BCUT2D eigenvalue weighted by molar-refractivity contribution is 6.30. The lowest BCUT2D eigenvalue weighted by Gasteiger charge is -2.02. The summed E-state index contributed by atoms with van der Waals surface area (Å²) in [7, 11) is 0. The second kappa shape index (κ2) is 5.70. The van der Waals surface area contributed by atoms with Crippen LogP contribution in [0.2, 0.25) is 5.02 Å². The maximum absolute atomic E-state index is 11.2. The Labute approximate surface area is 132 Å². The summed E-state index contributed by atoms with van der Waals surface area (Å²) in [4.78, 5) is 14.5. The molecule has 3 rings (SSSR count). The number of halogens is 1. The van der Waals surface area contributed by atoms with Crippen molar-refractivity contribution in [3.05, 3.63) is 64.7 Å². The van der Waals surface area contributed by atoms with Crippen molar-refractivity contribution in [3.63, 3.8) is 0 Å². The molecule has 0 saturated heterocycles. The fourth-order valence-electron chi connectivity index (χ4n) is 2.44. The van der Waals surface area contributed by atoms with E-state index in [4.69, 9.17) is 16.7 Å². The molecule has 22 heavy (non-hydrogen) atoms. The first-order chi connectivity index (χ1) is 10.6. The van der Waals surface area contributed by atoms with Crippen molar-refractivity contribution in [2.75, 3.05) is 0 Å². The fourth-order valence-corrected chi connectivity index (χ4v) is 2.56. The van der Waals surface area contributed by atoms with E-state index in [1.165, 1.54) is 0 Å². The molecule has 2 aromatic carbocycles. The second-order valence-electron chi connectivity index (χ2n) is 5.10. The second-order valence-corrected chi connectivity index (χ2v) is 5.54. The van der Waals surface area contributed by atoms with Crippen molar-refractivity contribution in [1.29, 1.82) is 0 Å². The Morgan fingerprint density at radius 2 is 1.82 bits per heavy atom. The van der Waals surface area contributed by atoms with Crippen LogP contribution in [0.3, 0.4) is 0 Å². The molecule has 0 atom stereocenters. The number of nitrogens with one attached hydrogen (secondary N) is 1. The maximum atomic E-state index is 11.2. The largest absolute Gasteiger partial charge is 0.478 e. The molecular formula is C18H14ClNO2. The van der Waals surface area contributed by atoms with Crippen LogP contribution in [0.4, 0.5) is 0 Å². The van der Waals surface area contributed by atoms with E-state index < -0.39 is 5.97 Å². The molecule has 0 spiro atoms. The zero-order valence-corrected chi connectivity index (χ0v) is 12.7. The number of rotatable bonds is 3. The third-order valence-corrected chi connectivity index (χ3v) is 3.83.